The van der Waals surface area contributed by atoms with Crippen LogP contribution in [0, 0.1) is 17.2 Å². The zero-order chi connectivity index (χ0) is 25.7. The average molecular weight is 494 g/mol. The molecule has 1 aliphatic carbocycles. The van der Waals surface area contributed by atoms with Gasteiger partial charge in [-0.05, 0) is 60.9 Å². The second-order valence-corrected chi connectivity index (χ2v) is 10.4. The van der Waals surface area contributed by atoms with Gasteiger partial charge >= 0.3 is 0 Å². The van der Waals surface area contributed by atoms with E-state index in [9.17, 15) is 15.2 Å². The van der Waals surface area contributed by atoms with Crippen LogP contribution in [0.25, 0.3) is 0 Å². The molecule has 5 nitrogen and oxygen atoms in total. The Hall–Kier alpha value is -3.62. The van der Waals surface area contributed by atoms with Crippen LogP contribution in [0.4, 0.5) is 5.69 Å². The normalized spacial score (nSPS) is 17.2. The number of carbonyl (C=O) groups is 1. The number of amides is 1. The van der Waals surface area contributed by atoms with Crippen LogP contribution in [0.15, 0.2) is 78.9 Å². The summed E-state index contributed by atoms with van der Waals surface area (Å²) in [4.78, 5) is 15.0. The standard InChI is InChI=1S/C32H35N3O2/c33-23-25-22-24(31(36)34-29-14-8-3-9-15-29)16-17-30(25)35-20-18-28(19-21-35)32(37,26-10-4-1-5-11-26)27-12-6-2-7-13-27/h1-2,4-7,10-13,16-17,22,28-29,37H,3,8-9,14-15,18-21H2,(H,34,36). The molecule has 1 saturated heterocycles. The highest BCUT2D eigenvalue weighted by molar-refractivity contribution is 5.95. The Morgan fingerprint density at radius 2 is 1.46 bits per heavy atom. The predicted molar refractivity (Wildman–Crippen MR) is 146 cm³/mol. The molecule has 0 spiro atoms. The van der Waals surface area contributed by atoms with Gasteiger partial charge in [-0.3, -0.25) is 4.79 Å². The minimum Gasteiger partial charge on any atom is -0.380 e. The molecule has 3 aromatic rings. The Kier molecular flexibility index (Phi) is 7.58. The molecule has 0 aromatic heterocycles. The molecule has 1 heterocycles. The lowest BCUT2D eigenvalue weighted by Gasteiger charge is -2.43. The van der Waals surface area contributed by atoms with Gasteiger partial charge in [0.15, 0.2) is 0 Å². The van der Waals surface area contributed by atoms with Crippen LogP contribution in [0.2, 0.25) is 0 Å². The average Bonchev–Trinajstić information content (AvgIpc) is 2.98. The van der Waals surface area contributed by atoms with Crippen molar-refractivity contribution in [3.8, 4) is 6.07 Å². The number of nitrogens with zero attached hydrogens (tertiary/aromatic N) is 2. The molecular formula is C32H35N3O2. The molecule has 1 saturated carbocycles. The highest BCUT2D eigenvalue weighted by Crippen LogP contribution is 2.42. The van der Waals surface area contributed by atoms with Gasteiger partial charge in [0, 0.05) is 24.7 Å². The molecule has 3 aromatic carbocycles. The SMILES string of the molecule is N#Cc1cc(C(=O)NC2CCCCC2)ccc1N1CCC(C(O)(c2ccccc2)c2ccccc2)CC1. The maximum Gasteiger partial charge on any atom is 0.251 e. The molecule has 190 valence electrons. The van der Waals surface area contributed by atoms with E-state index in [1.54, 1.807) is 6.07 Å². The summed E-state index contributed by atoms with van der Waals surface area (Å²) in [6.45, 7) is 1.46. The second-order valence-electron chi connectivity index (χ2n) is 10.4. The molecule has 1 amide bonds. The first-order valence-corrected chi connectivity index (χ1v) is 13.5. The summed E-state index contributed by atoms with van der Waals surface area (Å²) in [5.41, 5.74) is 2.67. The first-order valence-electron chi connectivity index (χ1n) is 13.5. The van der Waals surface area contributed by atoms with Gasteiger partial charge in [-0.1, -0.05) is 79.9 Å². The number of rotatable bonds is 6. The summed E-state index contributed by atoms with van der Waals surface area (Å²) in [6.07, 6.45) is 7.19. The molecule has 5 heteroatoms. The number of nitrogens with one attached hydrogen (secondary N) is 1. The fourth-order valence-corrected chi connectivity index (χ4v) is 6.12. The number of aliphatic hydroxyl groups is 1. The summed E-state index contributed by atoms with van der Waals surface area (Å²) in [7, 11) is 0. The number of carbonyl (C=O) groups excluding carboxylic acids is 1. The number of piperidine rings is 1. The van der Waals surface area contributed by atoms with E-state index >= 15 is 0 Å². The summed E-state index contributed by atoms with van der Waals surface area (Å²) < 4.78 is 0. The predicted octanol–water partition coefficient (Wildman–Crippen LogP) is 5.77. The molecule has 2 aliphatic rings. The zero-order valence-electron chi connectivity index (χ0n) is 21.3. The maximum absolute atomic E-state index is 12.8. The van der Waals surface area contributed by atoms with E-state index in [4.69, 9.17) is 0 Å². The molecule has 0 radical (unpaired) electrons. The van der Waals surface area contributed by atoms with Crippen molar-refractivity contribution in [2.75, 3.05) is 18.0 Å². The molecule has 0 atom stereocenters. The second kappa shape index (κ2) is 11.2. The Morgan fingerprint density at radius 1 is 0.865 bits per heavy atom. The van der Waals surface area contributed by atoms with Crippen molar-refractivity contribution < 1.29 is 9.90 Å². The van der Waals surface area contributed by atoms with Gasteiger partial charge in [-0.2, -0.15) is 5.26 Å². The van der Waals surface area contributed by atoms with E-state index in [2.05, 4.69) is 16.3 Å². The van der Waals surface area contributed by atoms with Crippen LogP contribution >= 0.6 is 0 Å². The molecule has 2 fully saturated rings. The molecule has 37 heavy (non-hydrogen) atoms. The first kappa shape index (κ1) is 25.0. The Bertz CT molecular complexity index is 1200. The zero-order valence-corrected chi connectivity index (χ0v) is 21.3. The van der Waals surface area contributed by atoms with E-state index < -0.39 is 5.60 Å². The monoisotopic (exact) mass is 493 g/mol. The fraction of sp³-hybridized carbons (Fsp3) is 0.375. The Balaban J connectivity index is 1.32. The number of benzene rings is 3. The highest BCUT2D eigenvalue weighted by atomic mass is 16.3. The van der Waals surface area contributed by atoms with Crippen LogP contribution < -0.4 is 10.2 Å². The number of hydrogen-bond acceptors (Lipinski definition) is 4. The van der Waals surface area contributed by atoms with Crippen molar-refractivity contribution in [3.05, 3.63) is 101 Å². The summed E-state index contributed by atoms with van der Waals surface area (Å²) in [5, 5.41) is 25.2. The van der Waals surface area contributed by atoms with Crippen molar-refractivity contribution in [1.82, 2.24) is 5.32 Å². The van der Waals surface area contributed by atoms with Crippen molar-refractivity contribution in [3.63, 3.8) is 0 Å². The third-order valence-corrected chi connectivity index (χ3v) is 8.17. The lowest BCUT2D eigenvalue weighted by atomic mass is 9.72. The third-order valence-electron chi connectivity index (χ3n) is 8.17. The molecular weight excluding hydrogens is 458 g/mol. The van der Waals surface area contributed by atoms with Crippen LogP contribution in [0.3, 0.4) is 0 Å². The van der Waals surface area contributed by atoms with E-state index in [0.717, 1.165) is 68.4 Å². The summed E-state index contributed by atoms with van der Waals surface area (Å²) in [6, 6.07) is 27.9. The fourth-order valence-electron chi connectivity index (χ4n) is 6.12. The lowest BCUT2D eigenvalue weighted by molar-refractivity contribution is 0.00505. The third kappa shape index (κ3) is 5.26. The Morgan fingerprint density at radius 3 is 2.03 bits per heavy atom. The van der Waals surface area contributed by atoms with E-state index in [-0.39, 0.29) is 17.9 Å². The smallest absolute Gasteiger partial charge is 0.251 e. The topological polar surface area (TPSA) is 76.4 Å². The minimum absolute atomic E-state index is 0.0413. The van der Waals surface area contributed by atoms with Gasteiger partial charge in [0.1, 0.15) is 11.7 Å². The minimum atomic E-state index is -1.08. The van der Waals surface area contributed by atoms with E-state index in [0.29, 0.717) is 11.1 Å². The van der Waals surface area contributed by atoms with Crippen LogP contribution in [0.1, 0.15) is 72.0 Å². The summed E-state index contributed by atoms with van der Waals surface area (Å²) in [5.74, 6) is -0.0518. The lowest BCUT2D eigenvalue weighted by Crippen LogP contribution is -2.44. The number of nitriles is 1. The molecule has 0 unspecified atom stereocenters. The van der Waals surface area contributed by atoms with Crippen LogP contribution in [0.5, 0.6) is 0 Å². The molecule has 2 N–H and O–H groups in total. The van der Waals surface area contributed by atoms with Gasteiger partial charge in [-0.25, -0.2) is 0 Å². The van der Waals surface area contributed by atoms with Crippen molar-refractivity contribution in [2.24, 2.45) is 5.92 Å². The summed E-state index contributed by atoms with van der Waals surface area (Å²) >= 11 is 0. The van der Waals surface area contributed by atoms with Gasteiger partial charge in [0.05, 0.1) is 11.3 Å². The molecule has 5 rings (SSSR count). The van der Waals surface area contributed by atoms with Crippen molar-refractivity contribution in [1.29, 1.82) is 5.26 Å². The largest absolute Gasteiger partial charge is 0.380 e. The van der Waals surface area contributed by atoms with E-state index in [1.165, 1.54) is 6.42 Å². The van der Waals surface area contributed by atoms with Crippen LogP contribution in [-0.2, 0) is 5.60 Å². The van der Waals surface area contributed by atoms with E-state index in [1.807, 2.05) is 72.8 Å². The number of hydrogen-bond donors (Lipinski definition) is 2. The molecule has 1 aliphatic heterocycles. The quantitative estimate of drug-likeness (QED) is 0.457. The Labute approximate surface area is 219 Å². The molecule has 0 bridgehead atoms. The van der Waals surface area contributed by atoms with Gasteiger partial charge < -0.3 is 15.3 Å². The van der Waals surface area contributed by atoms with Gasteiger partial charge in [0.2, 0.25) is 0 Å². The first-order chi connectivity index (χ1) is 18.1. The van der Waals surface area contributed by atoms with Crippen molar-refractivity contribution >= 4 is 11.6 Å². The number of anilines is 1. The maximum atomic E-state index is 12.8. The van der Waals surface area contributed by atoms with Gasteiger partial charge in [0.25, 0.3) is 5.91 Å². The highest BCUT2D eigenvalue weighted by Gasteiger charge is 2.41. The van der Waals surface area contributed by atoms with Gasteiger partial charge in [-0.15, -0.1) is 0 Å². The van der Waals surface area contributed by atoms with Crippen LogP contribution in [-0.4, -0.2) is 30.1 Å². The van der Waals surface area contributed by atoms with Crippen molar-refractivity contribution in [2.45, 2.75) is 56.6 Å².